The summed E-state index contributed by atoms with van der Waals surface area (Å²) in [5, 5.41) is 0.458. The van der Waals surface area contributed by atoms with Crippen molar-refractivity contribution in [1.82, 2.24) is 0 Å². The highest BCUT2D eigenvalue weighted by atomic mass is 79.9. The molecule has 2 aromatic rings. The molecule has 2 rings (SSSR count). The lowest BCUT2D eigenvalue weighted by atomic mass is 10.2. The molecule has 2 N–H and O–H groups in total. The van der Waals surface area contributed by atoms with E-state index < -0.39 is 0 Å². The number of ether oxygens (including phenoxy) is 2. The van der Waals surface area contributed by atoms with Crippen LogP contribution in [0, 0.1) is 0 Å². The van der Waals surface area contributed by atoms with Gasteiger partial charge in [-0.3, -0.25) is 0 Å². The standard InChI is InChI=1S/C14H11BrClNO2S/c1-18-8-5-6-11(9(15)7-8)19-12-4-2-3-10(16)13(12)14(17)20/h2-7H,1H3,(H2,17,20). The first-order valence-electron chi connectivity index (χ1n) is 5.62. The molecule has 0 bridgehead atoms. The lowest BCUT2D eigenvalue weighted by Crippen LogP contribution is -2.11. The van der Waals surface area contributed by atoms with E-state index in [0.717, 1.165) is 10.2 Å². The lowest BCUT2D eigenvalue weighted by molar-refractivity contribution is 0.412. The van der Waals surface area contributed by atoms with E-state index in [2.05, 4.69) is 15.9 Å². The van der Waals surface area contributed by atoms with E-state index in [9.17, 15) is 0 Å². The summed E-state index contributed by atoms with van der Waals surface area (Å²) in [4.78, 5) is 0.190. The summed E-state index contributed by atoms with van der Waals surface area (Å²) >= 11 is 14.5. The van der Waals surface area contributed by atoms with Crippen molar-refractivity contribution in [2.45, 2.75) is 0 Å². The largest absolute Gasteiger partial charge is 0.497 e. The Bertz CT molecular complexity index is 664. The Morgan fingerprint density at radius 3 is 2.60 bits per heavy atom. The maximum Gasteiger partial charge on any atom is 0.141 e. The number of halogens is 2. The van der Waals surface area contributed by atoms with Crippen molar-refractivity contribution in [3.05, 3.63) is 51.5 Å². The minimum Gasteiger partial charge on any atom is -0.497 e. The Hall–Kier alpha value is -1.30. The second-order valence-corrected chi connectivity index (χ2v) is 5.58. The zero-order valence-corrected chi connectivity index (χ0v) is 13.7. The molecule has 0 heterocycles. The van der Waals surface area contributed by atoms with Gasteiger partial charge in [0.2, 0.25) is 0 Å². The summed E-state index contributed by atoms with van der Waals surface area (Å²) < 4.78 is 11.7. The minimum atomic E-state index is 0.190. The molecule has 0 atom stereocenters. The van der Waals surface area contributed by atoms with Crippen LogP contribution in [-0.2, 0) is 0 Å². The molecule has 0 saturated heterocycles. The van der Waals surface area contributed by atoms with E-state index in [1.54, 1.807) is 43.5 Å². The molecule has 2 aromatic carbocycles. The van der Waals surface area contributed by atoms with E-state index in [4.69, 9.17) is 39.0 Å². The average Bonchev–Trinajstić information content (AvgIpc) is 2.40. The monoisotopic (exact) mass is 371 g/mol. The van der Waals surface area contributed by atoms with Crippen molar-refractivity contribution in [3.63, 3.8) is 0 Å². The number of benzene rings is 2. The van der Waals surface area contributed by atoms with E-state index in [-0.39, 0.29) is 4.99 Å². The van der Waals surface area contributed by atoms with Gasteiger partial charge >= 0.3 is 0 Å². The quantitative estimate of drug-likeness (QED) is 0.800. The fourth-order valence-corrected chi connectivity index (χ4v) is 2.61. The Kier molecular flexibility index (Phi) is 4.86. The fourth-order valence-electron chi connectivity index (χ4n) is 1.64. The summed E-state index contributed by atoms with van der Waals surface area (Å²) in [7, 11) is 1.60. The van der Waals surface area contributed by atoms with Crippen LogP contribution in [0.3, 0.4) is 0 Å². The number of hydrogen-bond acceptors (Lipinski definition) is 3. The molecule has 6 heteroatoms. The molecule has 0 spiro atoms. The van der Waals surface area contributed by atoms with Gasteiger partial charge in [0.25, 0.3) is 0 Å². The minimum absolute atomic E-state index is 0.190. The predicted octanol–water partition coefficient (Wildman–Crippen LogP) is 4.54. The van der Waals surface area contributed by atoms with Crippen LogP contribution < -0.4 is 15.2 Å². The SMILES string of the molecule is COc1ccc(Oc2cccc(Cl)c2C(N)=S)c(Br)c1. The summed E-state index contributed by atoms with van der Waals surface area (Å²) in [6, 6.07) is 10.6. The third-order valence-corrected chi connectivity index (χ3v) is 3.72. The molecule has 0 aliphatic carbocycles. The van der Waals surface area contributed by atoms with Crippen LogP contribution in [0.4, 0.5) is 0 Å². The van der Waals surface area contributed by atoms with E-state index >= 15 is 0 Å². The van der Waals surface area contributed by atoms with Crippen LogP contribution >= 0.6 is 39.7 Å². The average molecular weight is 373 g/mol. The maximum absolute atomic E-state index is 6.10. The summed E-state index contributed by atoms with van der Waals surface area (Å²) in [6.45, 7) is 0. The number of methoxy groups -OCH3 is 1. The second-order valence-electron chi connectivity index (χ2n) is 3.88. The van der Waals surface area contributed by atoms with Crippen LogP contribution in [0.2, 0.25) is 5.02 Å². The lowest BCUT2D eigenvalue weighted by Gasteiger charge is -2.13. The molecule has 3 nitrogen and oxygen atoms in total. The summed E-state index contributed by atoms with van der Waals surface area (Å²) in [5.41, 5.74) is 6.21. The zero-order valence-electron chi connectivity index (χ0n) is 10.5. The topological polar surface area (TPSA) is 44.5 Å². The van der Waals surface area contributed by atoms with Gasteiger partial charge in [-0.15, -0.1) is 0 Å². The molecule has 104 valence electrons. The third kappa shape index (κ3) is 3.23. The van der Waals surface area contributed by atoms with Gasteiger partial charge in [-0.2, -0.15) is 0 Å². The van der Waals surface area contributed by atoms with Gasteiger partial charge in [-0.1, -0.05) is 29.9 Å². The summed E-state index contributed by atoms with van der Waals surface area (Å²) in [6.07, 6.45) is 0. The van der Waals surface area contributed by atoms with Crippen molar-refractivity contribution < 1.29 is 9.47 Å². The smallest absolute Gasteiger partial charge is 0.141 e. The molecule has 0 saturated carbocycles. The third-order valence-electron chi connectivity index (χ3n) is 2.58. The van der Waals surface area contributed by atoms with Gasteiger partial charge in [0.05, 0.1) is 22.2 Å². The highest BCUT2D eigenvalue weighted by molar-refractivity contribution is 9.10. The highest BCUT2D eigenvalue weighted by Crippen LogP contribution is 2.35. The molecule has 20 heavy (non-hydrogen) atoms. The van der Waals surface area contributed by atoms with E-state index in [0.29, 0.717) is 22.1 Å². The number of nitrogens with two attached hydrogens (primary N) is 1. The number of hydrogen-bond donors (Lipinski definition) is 1. The van der Waals surface area contributed by atoms with Crippen LogP contribution in [0.1, 0.15) is 5.56 Å². The first kappa shape index (κ1) is 15.1. The van der Waals surface area contributed by atoms with Crippen molar-refractivity contribution >= 4 is 44.7 Å². The molecule has 0 aliphatic heterocycles. The second kappa shape index (κ2) is 6.43. The van der Waals surface area contributed by atoms with Gasteiger partial charge < -0.3 is 15.2 Å². The molecule has 0 aliphatic rings. The molecular weight excluding hydrogens is 362 g/mol. The molecule has 0 radical (unpaired) electrons. The van der Waals surface area contributed by atoms with Crippen LogP contribution in [0.15, 0.2) is 40.9 Å². The Balaban J connectivity index is 2.40. The Labute approximate surface area is 135 Å². The van der Waals surface area contributed by atoms with Crippen molar-refractivity contribution in [3.8, 4) is 17.2 Å². The number of thiocarbonyl (C=S) groups is 1. The predicted molar refractivity (Wildman–Crippen MR) is 88.1 cm³/mol. The van der Waals surface area contributed by atoms with Gasteiger partial charge in [0, 0.05) is 0 Å². The highest BCUT2D eigenvalue weighted by Gasteiger charge is 2.13. The summed E-state index contributed by atoms with van der Waals surface area (Å²) in [5.74, 6) is 1.85. The van der Waals surface area contributed by atoms with Gasteiger partial charge in [0.15, 0.2) is 0 Å². The molecule has 0 amide bonds. The number of rotatable bonds is 4. The van der Waals surface area contributed by atoms with Crippen LogP contribution in [0.25, 0.3) is 0 Å². The van der Waals surface area contributed by atoms with Crippen molar-refractivity contribution in [2.24, 2.45) is 5.73 Å². The first-order chi connectivity index (χ1) is 9.52. The maximum atomic E-state index is 6.10. The van der Waals surface area contributed by atoms with Crippen molar-refractivity contribution in [2.75, 3.05) is 7.11 Å². The Morgan fingerprint density at radius 2 is 2.00 bits per heavy atom. The normalized spacial score (nSPS) is 10.2. The van der Waals surface area contributed by atoms with Gasteiger partial charge in [-0.25, -0.2) is 0 Å². The van der Waals surface area contributed by atoms with Crippen LogP contribution in [-0.4, -0.2) is 12.1 Å². The first-order valence-corrected chi connectivity index (χ1v) is 7.20. The fraction of sp³-hybridized carbons (Fsp3) is 0.0714. The molecule has 0 aromatic heterocycles. The van der Waals surface area contributed by atoms with Crippen molar-refractivity contribution in [1.29, 1.82) is 0 Å². The van der Waals surface area contributed by atoms with E-state index in [1.165, 1.54) is 0 Å². The van der Waals surface area contributed by atoms with E-state index in [1.807, 2.05) is 0 Å². The van der Waals surface area contributed by atoms with Crippen LogP contribution in [0.5, 0.6) is 17.2 Å². The zero-order chi connectivity index (χ0) is 14.7. The molecule has 0 fully saturated rings. The van der Waals surface area contributed by atoms with Gasteiger partial charge in [-0.05, 0) is 46.3 Å². The Morgan fingerprint density at radius 1 is 1.25 bits per heavy atom. The molecular formula is C14H11BrClNO2S. The van der Waals surface area contributed by atoms with Gasteiger partial charge in [0.1, 0.15) is 22.2 Å². The molecule has 0 unspecified atom stereocenters.